The van der Waals surface area contributed by atoms with Gasteiger partial charge in [0.25, 0.3) is 0 Å². The average Bonchev–Trinajstić information content (AvgIpc) is 3.80. The van der Waals surface area contributed by atoms with Crippen molar-refractivity contribution in [3.63, 3.8) is 0 Å². The van der Waals surface area contributed by atoms with Crippen LogP contribution in [-0.2, 0) is 46.2 Å². The Morgan fingerprint density at radius 3 is 2.35 bits per heavy atom. The molecule has 5 N–H and O–H groups in total. The summed E-state index contributed by atoms with van der Waals surface area (Å²) in [5.74, 6) is -1.69. The highest BCUT2D eigenvalue weighted by Gasteiger charge is 2.55. The number of rotatable bonds is 15. The summed E-state index contributed by atoms with van der Waals surface area (Å²) in [6.45, 7) is 18.3. The zero-order valence-corrected chi connectivity index (χ0v) is 44.1. The van der Waals surface area contributed by atoms with E-state index in [1.165, 1.54) is 14.0 Å². The van der Waals surface area contributed by atoms with Crippen molar-refractivity contribution in [3.8, 4) is 12.3 Å². The largest absolute Gasteiger partial charge is 0.492 e. The Bertz CT molecular complexity index is 2060. The molecule has 5 rings (SSSR count). The summed E-state index contributed by atoms with van der Waals surface area (Å²) in [7, 11) is 6.71. The van der Waals surface area contributed by atoms with Crippen molar-refractivity contribution in [1.82, 2.24) is 24.8 Å². The number of hydrogen-bond donors (Lipinski definition) is 5. The molecule has 4 unspecified atom stereocenters. The molecule has 0 spiro atoms. The van der Waals surface area contributed by atoms with Crippen LogP contribution in [0.2, 0.25) is 0 Å². The number of likely N-dealkylation sites (N-methyl/N-ethyl adjacent to an activating group) is 2. The lowest BCUT2D eigenvalue weighted by Gasteiger charge is -2.50. The van der Waals surface area contributed by atoms with Gasteiger partial charge in [0, 0.05) is 70.3 Å². The Balaban J connectivity index is 1.47. The fourth-order valence-electron chi connectivity index (χ4n) is 11.4. The van der Waals surface area contributed by atoms with Gasteiger partial charge in [0.05, 0.1) is 37.0 Å². The SMILES string of the molecule is C#C[C@@]1(O)C[C@@H](C)CN(C)[C@H](C)[C@@H](O)[C@](C)(O)[C@@H](CC)OC(=O)C(C)C([C@H]2C[C@@](C)(OC)[C@@H](O)C(=C)O2)[C@H](C)[C@H]1O[C@@H]1O[C@H](C)C[C@H](N(C)CCc2cn(CC(CF)[C@H](OC)c3ccccc3)nn2)C1O. The smallest absolute Gasteiger partial charge is 0.309 e. The van der Waals surface area contributed by atoms with Crippen LogP contribution < -0.4 is 0 Å². The minimum atomic E-state index is -2.06. The van der Waals surface area contributed by atoms with Crippen LogP contribution in [0.25, 0.3) is 0 Å². The first kappa shape index (κ1) is 58.3. The number of cyclic esters (lactones) is 1. The highest BCUT2D eigenvalue weighted by molar-refractivity contribution is 5.73. The van der Waals surface area contributed by atoms with Gasteiger partial charge in [-0.3, -0.25) is 13.9 Å². The lowest BCUT2D eigenvalue weighted by atomic mass is 9.68. The zero-order chi connectivity index (χ0) is 52.7. The molecule has 0 saturated carbocycles. The molecule has 3 aliphatic rings. The third-order valence-corrected chi connectivity index (χ3v) is 15.9. The Morgan fingerprint density at radius 2 is 1.75 bits per heavy atom. The lowest BCUT2D eigenvalue weighted by molar-refractivity contribution is -0.296. The molecule has 400 valence electrons. The Hall–Kier alpha value is -3.58. The number of benzene rings is 1. The molecule has 71 heavy (non-hydrogen) atoms. The van der Waals surface area contributed by atoms with Crippen LogP contribution in [0.5, 0.6) is 0 Å². The van der Waals surface area contributed by atoms with Crippen LogP contribution in [0.15, 0.2) is 48.9 Å². The maximum Gasteiger partial charge on any atom is 0.309 e. The lowest BCUT2D eigenvalue weighted by Crippen LogP contribution is -2.61. The number of carbonyl (C=O) groups is 1. The van der Waals surface area contributed by atoms with Gasteiger partial charge >= 0.3 is 5.97 Å². The summed E-state index contributed by atoms with van der Waals surface area (Å²) in [5, 5.41) is 68.7. The van der Waals surface area contributed by atoms with Gasteiger partial charge in [-0.15, -0.1) is 11.5 Å². The van der Waals surface area contributed by atoms with Gasteiger partial charge in [-0.25, -0.2) is 0 Å². The van der Waals surface area contributed by atoms with E-state index in [1.807, 2.05) is 61.0 Å². The van der Waals surface area contributed by atoms with E-state index in [1.54, 1.807) is 59.7 Å². The number of alkyl halides is 1. The number of nitrogens with zero attached hydrogens (tertiary/aromatic N) is 5. The molecule has 19 atom stereocenters. The topological polar surface area (TPSA) is 211 Å². The van der Waals surface area contributed by atoms with E-state index in [2.05, 4.69) is 22.8 Å². The highest BCUT2D eigenvalue weighted by atomic mass is 19.1. The van der Waals surface area contributed by atoms with Crippen LogP contribution in [-0.4, -0.2) is 182 Å². The monoisotopic (exact) mass is 1000 g/mol. The van der Waals surface area contributed by atoms with Crippen molar-refractivity contribution in [2.45, 2.75) is 178 Å². The van der Waals surface area contributed by atoms with Crippen molar-refractivity contribution in [1.29, 1.82) is 0 Å². The number of aliphatic hydroxyl groups is 5. The maximum atomic E-state index is 14.6. The number of halogens is 1. The second kappa shape index (κ2) is 24.6. The van der Waals surface area contributed by atoms with E-state index in [0.29, 0.717) is 31.6 Å². The molecule has 2 aromatic rings. The van der Waals surface area contributed by atoms with E-state index in [4.69, 9.17) is 34.8 Å². The molecule has 0 radical (unpaired) electrons. The molecule has 0 aliphatic carbocycles. The third kappa shape index (κ3) is 13.2. The fraction of sp³-hybridized carbons (Fsp3) is 0.755. The summed E-state index contributed by atoms with van der Waals surface area (Å²) in [4.78, 5) is 18.5. The van der Waals surface area contributed by atoms with Gasteiger partial charge in [0.2, 0.25) is 0 Å². The van der Waals surface area contributed by atoms with Gasteiger partial charge in [-0.2, -0.15) is 0 Å². The standard InChI is InChI=1S/C53H84FN5O12/c1-15-42-52(10,64)46(61)35(7)58(12)28-31(3)25-53(65,16-2)48(33(5)43(34(6)49(63)70-42)41-26-51(9,67-14)47(62)36(8)69-41)71-50-44(60)40(24-32(4)68-50)57(11)23-22-39-30-59(56-55-39)29-38(27-54)45(66-13)37-20-18-17-19-21-37/h2,17-21,30-35,38,40-48,50,60-62,64-65H,8,15,22-29H2,1,3-7,9-14H3/t31-,32-,33+,34?,35-,38?,40+,41-,42-,43?,44?,45-,46-,47+,48-,50+,51-,52-,53-/m1/s1. The quantitative estimate of drug-likeness (QED) is 0.126. The van der Waals surface area contributed by atoms with E-state index < -0.39 is 120 Å². The maximum absolute atomic E-state index is 14.6. The van der Waals surface area contributed by atoms with Gasteiger partial charge in [0.1, 0.15) is 53.6 Å². The van der Waals surface area contributed by atoms with E-state index >= 15 is 0 Å². The van der Waals surface area contributed by atoms with Crippen LogP contribution >= 0.6 is 0 Å². The fourth-order valence-corrected chi connectivity index (χ4v) is 11.4. The summed E-state index contributed by atoms with van der Waals surface area (Å²) < 4.78 is 53.5. The average molecular weight is 1000 g/mol. The van der Waals surface area contributed by atoms with Crippen molar-refractivity contribution in [2.75, 3.05) is 48.1 Å². The van der Waals surface area contributed by atoms with Crippen LogP contribution in [0.4, 0.5) is 4.39 Å². The summed E-state index contributed by atoms with van der Waals surface area (Å²) in [6, 6.07) is 8.37. The molecule has 1 aromatic carbocycles. The number of terminal acetylenes is 1. The third-order valence-electron chi connectivity index (χ3n) is 15.9. The Morgan fingerprint density at radius 1 is 1.07 bits per heavy atom. The number of aliphatic hydroxyl groups excluding tert-OH is 3. The summed E-state index contributed by atoms with van der Waals surface area (Å²) in [6.07, 6.45) is -0.113. The number of ether oxygens (including phenoxy) is 6. The molecule has 3 aliphatic heterocycles. The van der Waals surface area contributed by atoms with Gasteiger partial charge in [-0.05, 0) is 78.5 Å². The van der Waals surface area contributed by atoms with Crippen LogP contribution in [0, 0.1) is 41.9 Å². The van der Waals surface area contributed by atoms with Crippen LogP contribution in [0.1, 0.15) is 98.4 Å². The molecular formula is C53H84FN5O12. The summed E-state index contributed by atoms with van der Waals surface area (Å²) >= 11 is 0. The van der Waals surface area contributed by atoms with Crippen LogP contribution in [0.3, 0.4) is 0 Å². The number of hydrogen-bond acceptors (Lipinski definition) is 16. The molecule has 3 saturated heterocycles. The normalized spacial score (nSPS) is 39.1. The molecule has 3 fully saturated rings. The first-order valence-electron chi connectivity index (χ1n) is 25.2. The Kier molecular flexibility index (Phi) is 20.2. The highest BCUT2D eigenvalue weighted by Crippen LogP contribution is 2.45. The molecule has 17 nitrogen and oxygen atoms in total. The predicted molar refractivity (Wildman–Crippen MR) is 264 cm³/mol. The zero-order valence-electron chi connectivity index (χ0n) is 44.1. The van der Waals surface area contributed by atoms with Gasteiger partial charge in [-0.1, -0.05) is 75.7 Å². The number of methoxy groups -OCH3 is 2. The first-order valence-corrected chi connectivity index (χ1v) is 25.2. The molecule has 0 amide bonds. The molecule has 18 heteroatoms. The van der Waals surface area contributed by atoms with Crippen molar-refractivity contribution in [2.24, 2.45) is 29.6 Å². The first-order chi connectivity index (χ1) is 33.4. The van der Waals surface area contributed by atoms with Gasteiger partial charge in [0.15, 0.2) is 11.9 Å². The predicted octanol–water partition coefficient (Wildman–Crippen LogP) is 4.09. The second-order valence-corrected chi connectivity index (χ2v) is 21.3. The molecule has 0 bridgehead atoms. The second-order valence-electron chi connectivity index (χ2n) is 21.3. The number of carbonyl (C=O) groups excluding carboxylic acids is 1. The van der Waals surface area contributed by atoms with Crippen molar-refractivity contribution in [3.05, 3.63) is 60.1 Å². The molecule has 4 heterocycles. The minimum Gasteiger partial charge on any atom is -0.492 e. The van der Waals surface area contributed by atoms with E-state index in [0.717, 1.165) is 5.56 Å². The summed E-state index contributed by atoms with van der Waals surface area (Å²) in [5.41, 5.74) is -3.58. The number of esters is 1. The van der Waals surface area contributed by atoms with E-state index in [9.17, 15) is 34.7 Å². The van der Waals surface area contributed by atoms with E-state index in [-0.39, 0.29) is 37.5 Å². The van der Waals surface area contributed by atoms with Crippen molar-refractivity contribution >= 4 is 5.97 Å². The Labute approximate surface area is 420 Å². The molecule has 1 aromatic heterocycles. The van der Waals surface area contributed by atoms with Crippen molar-refractivity contribution < 1.29 is 63.1 Å². The van der Waals surface area contributed by atoms with Gasteiger partial charge < -0.3 is 63.8 Å². The molecular weight excluding hydrogens is 918 g/mol. The minimum absolute atomic E-state index is 0.0158. The number of aromatic nitrogens is 3.